The summed E-state index contributed by atoms with van der Waals surface area (Å²) in [6.07, 6.45) is 0. The zero-order valence-electron chi connectivity index (χ0n) is 23.8. The SMILES string of the molecule is CCOC(=O)c1cc(-c2ccc(N3CCN(C(=O)c4ccc(C(=O)OC)cc4)CC3)cc2)n(-c2ccc(OC)cc2)n1. The third-order valence-electron chi connectivity index (χ3n) is 7.16. The Morgan fingerprint density at radius 1 is 0.762 bits per heavy atom. The number of piperazine rings is 1. The predicted octanol–water partition coefficient (Wildman–Crippen LogP) is 4.47. The maximum atomic E-state index is 13.0. The van der Waals surface area contributed by atoms with Gasteiger partial charge >= 0.3 is 11.9 Å². The first-order valence-electron chi connectivity index (χ1n) is 13.7. The van der Waals surface area contributed by atoms with Crippen molar-refractivity contribution in [3.63, 3.8) is 0 Å². The van der Waals surface area contributed by atoms with Crippen molar-refractivity contribution in [2.24, 2.45) is 0 Å². The first-order chi connectivity index (χ1) is 20.4. The van der Waals surface area contributed by atoms with Gasteiger partial charge in [-0.25, -0.2) is 14.3 Å². The van der Waals surface area contributed by atoms with Gasteiger partial charge in [0.25, 0.3) is 5.91 Å². The minimum atomic E-state index is -0.477. The van der Waals surface area contributed by atoms with Crippen molar-refractivity contribution in [2.75, 3.05) is 51.9 Å². The summed E-state index contributed by atoms with van der Waals surface area (Å²) in [4.78, 5) is 41.2. The molecule has 0 saturated carbocycles. The fraction of sp³-hybridized carbons (Fsp3) is 0.250. The van der Waals surface area contributed by atoms with Crippen molar-refractivity contribution in [3.8, 4) is 22.7 Å². The number of benzene rings is 3. The van der Waals surface area contributed by atoms with E-state index >= 15 is 0 Å². The van der Waals surface area contributed by atoms with Gasteiger partial charge in [-0.2, -0.15) is 5.10 Å². The molecule has 1 fully saturated rings. The summed E-state index contributed by atoms with van der Waals surface area (Å²) in [6.45, 7) is 4.54. The quantitative estimate of drug-likeness (QED) is 0.287. The smallest absolute Gasteiger partial charge is 0.358 e. The molecule has 0 radical (unpaired) electrons. The molecule has 42 heavy (non-hydrogen) atoms. The van der Waals surface area contributed by atoms with Gasteiger partial charge < -0.3 is 24.0 Å². The molecule has 1 amide bonds. The molecule has 1 aliphatic rings. The van der Waals surface area contributed by atoms with E-state index in [9.17, 15) is 14.4 Å². The average molecular weight is 569 g/mol. The number of carbonyl (C=O) groups excluding carboxylic acids is 3. The normalized spacial score (nSPS) is 13.0. The summed E-state index contributed by atoms with van der Waals surface area (Å²) in [5.74, 6) is -0.251. The maximum absolute atomic E-state index is 13.0. The number of aromatic nitrogens is 2. The van der Waals surface area contributed by atoms with Gasteiger partial charge in [-0.05, 0) is 73.7 Å². The highest BCUT2D eigenvalue weighted by Gasteiger charge is 2.23. The van der Waals surface area contributed by atoms with Gasteiger partial charge in [0.05, 0.1) is 37.8 Å². The highest BCUT2D eigenvalue weighted by atomic mass is 16.5. The molecule has 1 aromatic heterocycles. The van der Waals surface area contributed by atoms with Crippen molar-refractivity contribution >= 4 is 23.5 Å². The molecule has 0 atom stereocenters. The highest BCUT2D eigenvalue weighted by molar-refractivity contribution is 5.96. The van der Waals surface area contributed by atoms with Crippen LogP contribution in [0.1, 0.15) is 38.1 Å². The molecule has 2 heterocycles. The average Bonchev–Trinajstić information content (AvgIpc) is 3.50. The van der Waals surface area contributed by atoms with Gasteiger partial charge in [0, 0.05) is 43.0 Å². The van der Waals surface area contributed by atoms with Crippen molar-refractivity contribution in [3.05, 3.63) is 95.7 Å². The molecule has 0 unspecified atom stereocenters. The first kappa shape index (κ1) is 28.4. The van der Waals surface area contributed by atoms with E-state index in [4.69, 9.17) is 14.2 Å². The van der Waals surface area contributed by atoms with E-state index in [2.05, 4.69) is 10.00 Å². The minimum absolute atomic E-state index is 0.0642. The number of ether oxygens (including phenoxy) is 3. The van der Waals surface area contributed by atoms with Crippen LogP contribution in [0.2, 0.25) is 0 Å². The van der Waals surface area contributed by atoms with Gasteiger partial charge in [0.2, 0.25) is 0 Å². The fourth-order valence-electron chi connectivity index (χ4n) is 4.87. The molecule has 216 valence electrons. The second kappa shape index (κ2) is 12.6. The van der Waals surface area contributed by atoms with E-state index in [1.165, 1.54) is 7.11 Å². The van der Waals surface area contributed by atoms with Crippen LogP contribution in [-0.4, -0.2) is 79.5 Å². The Morgan fingerprint density at radius 2 is 1.38 bits per heavy atom. The van der Waals surface area contributed by atoms with Gasteiger partial charge in [-0.3, -0.25) is 4.79 Å². The number of anilines is 1. The summed E-state index contributed by atoms with van der Waals surface area (Å²) in [5, 5.41) is 4.54. The summed E-state index contributed by atoms with van der Waals surface area (Å²) >= 11 is 0. The first-order valence-corrected chi connectivity index (χ1v) is 13.7. The Labute approximate surface area is 244 Å². The summed E-state index contributed by atoms with van der Waals surface area (Å²) in [7, 11) is 2.94. The maximum Gasteiger partial charge on any atom is 0.358 e. The molecule has 0 spiro atoms. The number of hydrogen-bond acceptors (Lipinski definition) is 8. The Balaban J connectivity index is 1.29. The number of rotatable bonds is 8. The summed E-state index contributed by atoms with van der Waals surface area (Å²) in [5.41, 5.74) is 4.64. The van der Waals surface area contributed by atoms with Crippen molar-refractivity contribution in [1.82, 2.24) is 14.7 Å². The predicted molar refractivity (Wildman–Crippen MR) is 157 cm³/mol. The Hall–Kier alpha value is -5.12. The molecule has 0 bridgehead atoms. The summed E-state index contributed by atoms with van der Waals surface area (Å²) in [6, 6.07) is 23.8. The minimum Gasteiger partial charge on any atom is -0.497 e. The number of esters is 2. The van der Waals surface area contributed by atoms with Crippen LogP contribution >= 0.6 is 0 Å². The zero-order chi connectivity index (χ0) is 29.6. The van der Waals surface area contributed by atoms with Crippen molar-refractivity contribution in [1.29, 1.82) is 0 Å². The molecule has 4 aromatic rings. The van der Waals surface area contributed by atoms with Crippen LogP contribution in [0.15, 0.2) is 78.9 Å². The standard InChI is InChI=1S/C32H32N4O6/c1-4-42-32(39)28-21-29(36(33-28)26-13-15-27(40-2)16-14-26)22-9-11-25(12-10-22)34-17-19-35(20-18-34)30(37)23-5-7-24(8-6-23)31(38)41-3/h5-16,21H,4,17-20H2,1-3H3. The lowest BCUT2D eigenvalue weighted by Crippen LogP contribution is -2.48. The molecule has 1 aliphatic heterocycles. The third-order valence-corrected chi connectivity index (χ3v) is 7.16. The largest absolute Gasteiger partial charge is 0.497 e. The van der Waals surface area contributed by atoms with Crippen LogP contribution in [0, 0.1) is 0 Å². The lowest BCUT2D eigenvalue weighted by Gasteiger charge is -2.36. The van der Waals surface area contributed by atoms with Crippen LogP contribution < -0.4 is 9.64 Å². The van der Waals surface area contributed by atoms with E-state index < -0.39 is 11.9 Å². The van der Waals surface area contributed by atoms with Gasteiger partial charge in [0.15, 0.2) is 5.69 Å². The van der Waals surface area contributed by atoms with Crippen LogP contribution in [0.3, 0.4) is 0 Å². The number of amides is 1. The second-order valence-corrected chi connectivity index (χ2v) is 9.64. The Kier molecular flexibility index (Phi) is 8.52. The number of carbonyl (C=O) groups is 3. The van der Waals surface area contributed by atoms with Crippen molar-refractivity contribution < 1.29 is 28.6 Å². The Morgan fingerprint density at radius 3 is 1.98 bits per heavy atom. The Bertz CT molecular complexity index is 1550. The van der Waals surface area contributed by atoms with Gasteiger partial charge in [-0.15, -0.1) is 0 Å². The molecular weight excluding hydrogens is 536 g/mol. The fourth-order valence-corrected chi connectivity index (χ4v) is 4.87. The van der Waals surface area contributed by atoms with E-state index in [0.29, 0.717) is 37.3 Å². The van der Waals surface area contributed by atoms with Gasteiger partial charge in [-0.1, -0.05) is 12.1 Å². The topological polar surface area (TPSA) is 103 Å². The van der Waals surface area contributed by atoms with E-state index in [1.807, 2.05) is 53.4 Å². The van der Waals surface area contributed by atoms with Crippen molar-refractivity contribution in [2.45, 2.75) is 6.92 Å². The third kappa shape index (κ3) is 5.97. The molecule has 3 aromatic carbocycles. The molecule has 10 nitrogen and oxygen atoms in total. The van der Waals surface area contributed by atoms with Crippen LogP contribution in [0.4, 0.5) is 5.69 Å². The molecule has 0 aliphatic carbocycles. The number of hydrogen-bond donors (Lipinski definition) is 0. The van der Waals surface area contributed by atoms with Crippen LogP contribution in [0.25, 0.3) is 16.9 Å². The number of nitrogens with zero attached hydrogens (tertiary/aromatic N) is 4. The molecular formula is C32H32N4O6. The second-order valence-electron chi connectivity index (χ2n) is 9.64. The van der Waals surface area contributed by atoms with E-state index in [-0.39, 0.29) is 18.2 Å². The summed E-state index contributed by atoms with van der Waals surface area (Å²) < 4.78 is 16.9. The molecule has 10 heteroatoms. The van der Waals surface area contributed by atoms with Crippen LogP contribution in [-0.2, 0) is 9.47 Å². The molecule has 1 saturated heterocycles. The number of methoxy groups -OCH3 is 2. The zero-order valence-corrected chi connectivity index (χ0v) is 23.8. The lowest BCUT2D eigenvalue weighted by atomic mass is 10.1. The van der Waals surface area contributed by atoms with E-state index in [0.717, 1.165) is 28.4 Å². The van der Waals surface area contributed by atoms with E-state index in [1.54, 1.807) is 49.0 Å². The molecule has 5 rings (SSSR count). The monoisotopic (exact) mass is 568 g/mol. The van der Waals surface area contributed by atoms with Gasteiger partial charge in [0.1, 0.15) is 5.75 Å². The highest BCUT2D eigenvalue weighted by Crippen LogP contribution is 2.28. The van der Waals surface area contributed by atoms with Crippen LogP contribution in [0.5, 0.6) is 5.75 Å². The lowest BCUT2D eigenvalue weighted by molar-refractivity contribution is 0.0517. The molecule has 0 N–H and O–H groups in total.